The van der Waals surface area contributed by atoms with E-state index in [0.717, 1.165) is 11.1 Å². The molecule has 0 aliphatic carbocycles. The summed E-state index contributed by atoms with van der Waals surface area (Å²) < 4.78 is 0. The first-order valence-corrected chi connectivity index (χ1v) is 10.9. The largest absolute Gasteiger partial charge is 0.351 e. The first-order chi connectivity index (χ1) is 15.5. The molecule has 1 aliphatic heterocycles. The zero-order chi connectivity index (χ0) is 22.8. The van der Waals surface area contributed by atoms with E-state index in [0.29, 0.717) is 39.3 Å². The molecule has 2 N–H and O–H groups in total. The summed E-state index contributed by atoms with van der Waals surface area (Å²) in [6, 6.07) is 18.7. The lowest BCUT2D eigenvalue weighted by Crippen LogP contribution is -2.55. The van der Waals surface area contributed by atoms with Gasteiger partial charge in [0.1, 0.15) is 6.04 Å². The van der Waals surface area contributed by atoms with Crippen LogP contribution in [-0.4, -0.2) is 66.3 Å². The smallest absolute Gasteiger partial charge is 0.244 e. The first-order valence-electron chi connectivity index (χ1n) is 10.9. The van der Waals surface area contributed by atoms with Gasteiger partial charge in [-0.15, -0.1) is 0 Å². The molecule has 1 aliphatic rings. The summed E-state index contributed by atoms with van der Waals surface area (Å²) in [6.45, 7) is 4.83. The fourth-order valence-electron chi connectivity index (χ4n) is 3.52. The van der Waals surface area contributed by atoms with Crippen LogP contribution in [0.2, 0.25) is 0 Å². The Morgan fingerprint density at radius 1 is 0.938 bits per heavy atom. The van der Waals surface area contributed by atoms with Crippen molar-refractivity contribution in [1.29, 1.82) is 0 Å². The molecule has 7 heteroatoms. The van der Waals surface area contributed by atoms with Crippen LogP contribution in [0.5, 0.6) is 0 Å². The van der Waals surface area contributed by atoms with Crippen LogP contribution in [-0.2, 0) is 20.9 Å². The number of amides is 3. The van der Waals surface area contributed by atoms with Gasteiger partial charge in [-0.2, -0.15) is 0 Å². The number of hydrogen-bond donors (Lipinski definition) is 2. The minimum Gasteiger partial charge on any atom is -0.351 e. The average Bonchev–Trinajstić information content (AvgIpc) is 2.83. The average molecular weight is 435 g/mol. The van der Waals surface area contributed by atoms with Crippen molar-refractivity contribution >= 4 is 23.8 Å². The summed E-state index contributed by atoms with van der Waals surface area (Å²) in [5.41, 5.74) is 1.98. The highest BCUT2D eigenvalue weighted by atomic mass is 16.2. The van der Waals surface area contributed by atoms with Crippen molar-refractivity contribution in [3.63, 3.8) is 0 Å². The molecule has 2 aromatic rings. The number of piperazine rings is 1. The number of carbonyl (C=O) groups excluding carboxylic acids is 3. The van der Waals surface area contributed by atoms with Crippen molar-refractivity contribution < 1.29 is 14.4 Å². The predicted molar refractivity (Wildman–Crippen MR) is 124 cm³/mol. The molecule has 1 fully saturated rings. The number of nitrogens with zero attached hydrogens (tertiary/aromatic N) is 2. The quantitative estimate of drug-likeness (QED) is 0.620. The lowest BCUT2D eigenvalue weighted by Gasteiger charge is -2.35. The molecule has 32 heavy (non-hydrogen) atoms. The minimum absolute atomic E-state index is 0.0283. The number of benzene rings is 2. The summed E-state index contributed by atoms with van der Waals surface area (Å²) >= 11 is 0. The molecular weight excluding hydrogens is 404 g/mol. The molecule has 1 saturated heterocycles. The van der Waals surface area contributed by atoms with Crippen LogP contribution in [0.25, 0.3) is 6.08 Å². The van der Waals surface area contributed by atoms with Gasteiger partial charge in [0, 0.05) is 38.8 Å². The number of nitrogens with one attached hydrogen (secondary N) is 2. The van der Waals surface area contributed by atoms with E-state index in [4.69, 9.17) is 0 Å². The molecule has 0 bridgehead atoms. The van der Waals surface area contributed by atoms with E-state index in [1.165, 1.54) is 6.08 Å². The van der Waals surface area contributed by atoms with Crippen LogP contribution in [0.3, 0.4) is 0 Å². The summed E-state index contributed by atoms with van der Waals surface area (Å²) in [6.07, 6.45) is 3.15. The molecule has 1 atom stereocenters. The second-order valence-corrected chi connectivity index (χ2v) is 7.84. The van der Waals surface area contributed by atoms with Crippen LogP contribution >= 0.6 is 0 Å². The van der Waals surface area contributed by atoms with Crippen molar-refractivity contribution in [2.24, 2.45) is 0 Å². The molecule has 0 radical (unpaired) electrons. The zero-order valence-corrected chi connectivity index (χ0v) is 18.4. The Morgan fingerprint density at radius 3 is 2.22 bits per heavy atom. The number of rotatable bonds is 8. The van der Waals surface area contributed by atoms with Crippen molar-refractivity contribution in [1.82, 2.24) is 20.4 Å². The highest BCUT2D eigenvalue weighted by Gasteiger charge is 2.26. The third-order valence-corrected chi connectivity index (χ3v) is 5.34. The Balaban J connectivity index is 1.37. The topological polar surface area (TPSA) is 81.8 Å². The second-order valence-electron chi connectivity index (χ2n) is 7.84. The molecular formula is C25H30N4O3. The maximum atomic E-state index is 12.7. The molecule has 2 aromatic carbocycles. The zero-order valence-electron chi connectivity index (χ0n) is 18.4. The Kier molecular flexibility index (Phi) is 8.57. The standard InChI is InChI=1S/C25H30N4O3/c1-20(27-23(30)13-12-21-8-4-2-5-9-21)25(32)29-16-14-28(15-17-29)19-24(31)26-18-22-10-6-3-7-11-22/h2-13,20H,14-19H2,1H3,(H,26,31)(H,27,30)/b13-12+. The number of hydrogen-bond acceptors (Lipinski definition) is 4. The highest BCUT2D eigenvalue weighted by Crippen LogP contribution is 2.05. The normalized spacial score (nSPS) is 15.3. The van der Waals surface area contributed by atoms with Crippen molar-refractivity contribution in [3.05, 3.63) is 77.9 Å². The second kappa shape index (κ2) is 11.8. The third-order valence-electron chi connectivity index (χ3n) is 5.34. The predicted octanol–water partition coefficient (Wildman–Crippen LogP) is 1.67. The lowest BCUT2D eigenvalue weighted by atomic mass is 10.2. The van der Waals surface area contributed by atoms with E-state index in [-0.39, 0.29) is 17.7 Å². The van der Waals surface area contributed by atoms with E-state index in [1.54, 1.807) is 17.9 Å². The maximum absolute atomic E-state index is 12.7. The van der Waals surface area contributed by atoms with Gasteiger partial charge in [0.15, 0.2) is 0 Å². The molecule has 1 heterocycles. The molecule has 168 valence electrons. The minimum atomic E-state index is -0.608. The Morgan fingerprint density at radius 2 is 1.56 bits per heavy atom. The van der Waals surface area contributed by atoms with Crippen LogP contribution in [0.15, 0.2) is 66.7 Å². The summed E-state index contributed by atoms with van der Waals surface area (Å²) in [4.78, 5) is 40.8. The molecule has 1 unspecified atom stereocenters. The van der Waals surface area contributed by atoms with Crippen molar-refractivity contribution in [3.8, 4) is 0 Å². The van der Waals surface area contributed by atoms with Gasteiger partial charge in [0.2, 0.25) is 17.7 Å². The van der Waals surface area contributed by atoms with E-state index in [2.05, 4.69) is 10.6 Å². The van der Waals surface area contributed by atoms with E-state index < -0.39 is 6.04 Å². The Bertz CT molecular complexity index is 923. The number of carbonyl (C=O) groups is 3. The van der Waals surface area contributed by atoms with Gasteiger partial charge in [-0.05, 0) is 24.1 Å². The van der Waals surface area contributed by atoms with Gasteiger partial charge in [0.05, 0.1) is 6.54 Å². The summed E-state index contributed by atoms with van der Waals surface area (Å²) in [5, 5.41) is 5.66. The van der Waals surface area contributed by atoms with Gasteiger partial charge in [-0.1, -0.05) is 60.7 Å². The fourth-order valence-corrected chi connectivity index (χ4v) is 3.52. The van der Waals surface area contributed by atoms with E-state index in [1.807, 2.05) is 65.6 Å². The van der Waals surface area contributed by atoms with Crippen LogP contribution in [0.4, 0.5) is 0 Å². The monoisotopic (exact) mass is 434 g/mol. The van der Waals surface area contributed by atoms with Crippen molar-refractivity contribution in [2.75, 3.05) is 32.7 Å². The van der Waals surface area contributed by atoms with E-state index >= 15 is 0 Å². The van der Waals surface area contributed by atoms with Crippen LogP contribution in [0.1, 0.15) is 18.1 Å². The molecule has 3 rings (SSSR count). The summed E-state index contributed by atoms with van der Waals surface area (Å²) in [7, 11) is 0. The summed E-state index contributed by atoms with van der Waals surface area (Å²) in [5.74, 6) is -0.442. The van der Waals surface area contributed by atoms with Gasteiger partial charge in [-0.3, -0.25) is 19.3 Å². The Hall–Kier alpha value is -3.45. The first kappa shape index (κ1) is 23.2. The Labute approximate surface area is 189 Å². The molecule has 0 aromatic heterocycles. The van der Waals surface area contributed by atoms with Gasteiger partial charge in [0.25, 0.3) is 0 Å². The fraction of sp³-hybridized carbons (Fsp3) is 0.320. The van der Waals surface area contributed by atoms with Crippen molar-refractivity contribution in [2.45, 2.75) is 19.5 Å². The molecule has 0 saturated carbocycles. The molecule has 0 spiro atoms. The maximum Gasteiger partial charge on any atom is 0.244 e. The van der Waals surface area contributed by atoms with Gasteiger partial charge >= 0.3 is 0 Å². The van der Waals surface area contributed by atoms with Gasteiger partial charge in [-0.25, -0.2) is 0 Å². The van der Waals surface area contributed by atoms with Crippen LogP contribution < -0.4 is 10.6 Å². The highest BCUT2D eigenvalue weighted by molar-refractivity contribution is 5.95. The molecule has 3 amide bonds. The lowest BCUT2D eigenvalue weighted by molar-refractivity contribution is -0.137. The van der Waals surface area contributed by atoms with Gasteiger partial charge < -0.3 is 15.5 Å². The van der Waals surface area contributed by atoms with E-state index in [9.17, 15) is 14.4 Å². The molecule has 7 nitrogen and oxygen atoms in total. The van der Waals surface area contributed by atoms with Crippen LogP contribution in [0, 0.1) is 0 Å². The SMILES string of the molecule is CC(NC(=O)/C=C/c1ccccc1)C(=O)N1CCN(CC(=O)NCc2ccccc2)CC1. The third kappa shape index (κ3) is 7.35.